The van der Waals surface area contributed by atoms with Gasteiger partial charge >= 0.3 is 0 Å². The van der Waals surface area contributed by atoms with E-state index in [0.717, 1.165) is 22.9 Å². The Morgan fingerprint density at radius 1 is 1.58 bits per heavy atom. The van der Waals surface area contributed by atoms with Crippen LogP contribution in [0.3, 0.4) is 0 Å². The second-order valence-electron chi connectivity index (χ2n) is 4.70. The van der Waals surface area contributed by atoms with Crippen molar-refractivity contribution in [3.8, 4) is 6.07 Å². The number of ketones is 1. The third kappa shape index (κ3) is 2.88. The Morgan fingerprint density at radius 2 is 2.32 bits per heavy atom. The fourth-order valence-electron chi connectivity index (χ4n) is 2.59. The summed E-state index contributed by atoms with van der Waals surface area (Å²) in [6, 6.07) is 9.55. The molecule has 1 aliphatic rings. The third-order valence-electron chi connectivity index (χ3n) is 3.61. The van der Waals surface area contributed by atoms with E-state index < -0.39 is 5.92 Å². The molecule has 0 N–H and O–H groups in total. The molecule has 3 atom stereocenters. The van der Waals surface area contributed by atoms with Crippen molar-refractivity contribution >= 4 is 21.7 Å². The zero-order valence-corrected chi connectivity index (χ0v) is 12.4. The van der Waals surface area contributed by atoms with Gasteiger partial charge in [0.15, 0.2) is 5.78 Å². The summed E-state index contributed by atoms with van der Waals surface area (Å²) in [7, 11) is 0. The van der Waals surface area contributed by atoms with Crippen molar-refractivity contribution in [3.63, 3.8) is 0 Å². The van der Waals surface area contributed by atoms with Crippen LogP contribution in [0.4, 0.5) is 0 Å². The van der Waals surface area contributed by atoms with Gasteiger partial charge < -0.3 is 4.74 Å². The number of rotatable bonds is 4. The maximum absolute atomic E-state index is 12.6. The van der Waals surface area contributed by atoms with Gasteiger partial charge in [0.1, 0.15) is 5.92 Å². The van der Waals surface area contributed by atoms with E-state index in [1.165, 1.54) is 0 Å². The van der Waals surface area contributed by atoms with Gasteiger partial charge in [0.2, 0.25) is 0 Å². The van der Waals surface area contributed by atoms with Crippen LogP contribution in [0.2, 0.25) is 0 Å². The first-order chi connectivity index (χ1) is 9.19. The number of nitriles is 1. The molecule has 0 aromatic heterocycles. The summed E-state index contributed by atoms with van der Waals surface area (Å²) in [5.74, 6) is -0.878. The van der Waals surface area contributed by atoms with Gasteiger partial charge in [0.05, 0.1) is 12.2 Å². The predicted octanol–water partition coefficient (Wildman–Crippen LogP) is 3.44. The molecular formula is C15H16BrNO2. The summed E-state index contributed by atoms with van der Waals surface area (Å²) >= 11 is 3.41. The van der Waals surface area contributed by atoms with E-state index in [4.69, 9.17) is 4.74 Å². The molecule has 2 rings (SSSR count). The molecular weight excluding hydrogens is 306 g/mol. The second kappa shape index (κ2) is 6.31. The lowest BCUT2D eigenvalue weighted by Gasteiger charge is -2.19. The van der Waals surface area contributed by atoms with Gasteiger partial charge in [-0.1, -0.05) is 41.1 Å². The highest BCUT2D eigenvalue weighted by molar-refractivity contribution is 9.10. The van der Waals surface area contributed by atoms with Crippen LogP contribution in [0.15, 0.2) is 28.7 Å². The fourth-order valence-corrected chi connectivity index (χ4v) is 3.10. The van der Waals surface area contributed by atoms with Crippen molar-refractivity contribution in [1.82, 2.24) is 0 Å². The van der Waals surface area contributed by atoms with Crippen LogP contribution in [0.1, 0.15) is 31.2 Å². The van der Waals surface area contributed by atoms with Gasteiger partial charge in [0, 0.05) is 17.0 Å². The van der Waals surface area contributed by atoms with Crippen molar-refractivity contribution in [3.05, 3.63) is 34.3 Å². The van der Waals surface area contributed by atoms with Crippen LogP contribution in [0.25, 0.3) is 0 Å². The number of benzene rings is 1. The number of hydrogen-bond donors (Lipinski definition) is 0. The minimum absolute atomic E-state index is 0.0150. The largest absolute Gasteiger partial charge is 0.377 e. The van der Waals surface area contributed by atoms with Gasteiger partial charge in [-0.15, -0.1) is 0 Å². The topological polar surface area (TPSA) is 50.1 Å². The summed E-state index contributed by atoms with van der Waals surface area (Å²) in [5.41, 5.74) is 0.747. The molecule has 1 heterocycles. The third-order valence-corrected chi connectivity index (χ3v) is 4.33. The molecule has 0 bridgehead atoms. The van der Waals surface area contributed by atoms with E-state index >= 15 is 0 Å². The summed E-state index contributed by atoms with van der Waals surface area (Å²) in [6.45, 7) is 2.62. The number of nitrogens with zero attached hydrogens (tertiary/aromatic N) is 1. The zero-order chi connectivity index (χ0) is 13.8. The Hall–Kier alpha value is -1.18. The first kappa shape index (κ1) is 14.2. The molecule has 0 amide bonds. The number of halogens is 1. The first-order valence-electron chi connectivity index (χ1n) is 6.48. The number of carbonyl (C=O) groups excluding carboxylic acids is 1. The first-order valence-corrected chi connectivity index (χ1v) is 7.27. The zero-order valence-electron chi connectivity index (χ0n) is 10.8. The molecule has 1 aliphatic heterocycles. The van der Waals surface area contributed by atoms with Crippen LogP contribution in [0.5, 0.6) is 0 Å². The highest BCUT2D eigenvalue weighted by atomic mass is 79.9. The summed E-state index contributed by atoms with van der Waals surface area (Å²) < 4.78 is 6.36. The summed E-state index contributed by atoms with van der Waals surface area (Å²) in [5, 5.41) is 9.36. The Balaban J connectivity index is 2.26. The number of ether oxygens (including phenoxy) is 1. The molecule has 0 aliphatic carbocycles. The summed E-state index contributed by atoms with van der Waals surface area (Å²) in [6.07, 6.45) is 1.50. The second-order valence-corrected chi connectivity index (χ2v) is 5.55. The van der Waals surface area contributed by atoms with Gasteiger partial charge in [-0.3, -0.25) is 4.79 Å². The van der Waals surface area contributed by atoms with Gasteiger partial charge in [0.25, 0.3) is 0 Å². The SMILES string of the molecule is CCC1OCCC1C(=O)C(C#N)c1ccccc1Br. The Morgan fingerprint density at radius 3 is 2.95 bits per heavy atom. The normalized spacial score (nSPS) is 23.8. The van der Waals surface area contributed by atoms with Gasteiger partial charge in [-0.05, 0) is 24.5 Å². The Labute approximate surface area is 121 Å². The highest BCUT2D eigenvalue weighted by Gasteiger charge is 2.37. The molecule has 100 valence electrons. The minimum atomic E-state index is -0.712. The molecule has 1 aromatic carbocycles. The molecule has 19 heavy (non-hydrogen) atoms. The van der Waals surface area contributed by atoms with Gasteiger partial charge in [-0.2, -0.15) is 5.26 Å². The standard InChI is InChI=1S/C15H16BrNO2/c1-2-14-11(7-8-19-14)15(18)12(9-17)10-5-3-4-6-13(10)16/h3-6,11-12,14H,2,7-8H2,1H3. The molecule has 1 fully saturated rings. The van der Waals surface area contributed by atoms with Crippen LogP contribution < -0.4 is 0 Å². The highest BCUT2D eigenvalue weighted by Crippen LogP contribution is 2.32. The average Bonchev–Trinajstić information content (AvgIpc) is 2.89. The summed E-state index contributed by atoms with van der Waals surface area (Å²) in [4.78, 5) is 12.6. The van der Waals surface area contributed by atoms with E-state index in [9.17, 15) is 10.1 Å². The predicted molar refractivity (Wildman–Crippen MR) is 75.6 cm³/mol. The van der Waals surface area contributed by atoms with E-state index in [1.807, 2.05) is 31.2 Å². The number of hydrogen-bond acceptors (Lipinski definition) is 3. The minimum Gasteiger partial charge on any atom is -0.377 e. The molecule has 0 spiro atoms. The van der Waals surface area contributed by atoms with Crippen LogP contribution in [0, 0.1) is 17.2 Å². The van der Waals surface area contributed by atoms with Gasteiger partial charge in [-0.25, -0.2) is 0 Å². The van der Waals surface area contributed by atoms with E-state index in [0.29, 0.717) is 6.61 Å². The van der Waals surface area contributed by atoms with Crippen molar-refractivity contribution in [2.75, 3.05) is 6.61 Å². The Bertz CT molecular complexity index is 509. The molecule has 0 saturated carbocycles. The smallest absolute Gasteiger partial charge is 0.160 e. The maximum atomic E-state index is 12.6. The monoisotopic (exact) mass is 321 g/mol. The van der Waals surface area contributed by atoms with E-state index in [1.54, 1.807) is 0 Å². The lowest BCUT2D eigenvalue weighted by atomic mass is 9.84. The van der Waals surface area contributed by atoms with Crippen LogP contribution >= 0.6 is 15.9 Å². The fraction of sp³-hybridized carbons (Fsp3) is 0.467. The maximum Gasteiger partial charge on any atom is 0.160 e. The molecule has 1 aromatic rings. The van der Waals surface area contributed by atoms with E-state index in [-0.39, 0.29) is 17.8 Å². The molecule has 4 heteroatoms. The van der Waals surface area contributed by atoms with Crippen LogP contribution in [-0.4, -0.2) is 18.5 Å². The molecule has 3 nitrogen and oxygen atoms in total. The van der Waals surface area contributed by atoms with Crippen molar-refractivity contribution in [2.24, 2.45) is 5.92 Å². The average molecular weight is 322 g/mol. The van der Waals surface area contributed by atoms with Crippen molar-refractivity contribution in [2.45, 2.75) is 31.8 Å². The van der Waals surface area contributed by atoms with Crippen molar-refractivity contribution < 1.29 is 9.53 Å². The number of carbonyl (C=O) groups is 1. The van der Waals surface area contributed by atoms with E-state index in [2.05, 4.69) is 22.0 Å². The molecule has 0 radical (unpaired) electrons. The van der Waals surface area contributed by atoms with Crippen LogP contribution in [-0.2, 0) is 9.53 Å². The van der Waals surface area contributed by atoms with Crippen molar-refractivity contribution in [1.29, 1.82) is 5.26 Å². The quantitative estimate of drug-likeness (QED) is 0.853. The molecule has 1 saturated heterocycles. The Kier molecular flexibility index (Phi) is 4.73. The lowest BCUT2D eigenvalue weighted by Crippen LogP contribution is -2.28. The lowest BCUT2D eigenvalue weighted by molar-refractivity contribution is -0.124. The number of Topliss-reactive ketones (excluding diaryl/α,β-unsaturated/α-hetero) is 1. The molecule has 3 unspecified atom stereocenters.